The van der Waals surface area contributed by atoms with E-state index in [2.05, 4.69) is 13.8 Å². The zero-order valence-corrected chi connectivity index (χ0v) is 13.1. The van der Waals surface area contributed by atoms with Gasteiger partial charge in [-0.15, -0.1) is 0 Å². The Kier molecular flexibility index (Phi) is 6.02. The summed E-state index contributed by atoms with van der Waals surface area (Å²) in [6.45, 7) is 6.66. The molecule has 0 radical (unpaired) electrons. The highest BCUT2D eigenvalue weighted by atomic mass is 16.5. The van der Waals surface area contributed by atoms with Crippen molar-refractivity contribution in [2.45, 2.75) is 39.8 Å². The molecule has 0 saturated carbocycles. The van der Waals surface area contributed by atoms with Crippen molar-refractivity contribution >= 4 is 5.91 Å². The molecule has 2 N–H and O–H groups in total. The van der Waals surface area contributed by atoms with Crippen molar-refractivity contribution < 1.29 is 9.53 Å². The van der Waals surface area contributed by atoms with E-state index in [1.54, 1.807) is 19.1 Å². The van der Waals surface area contributed by atoms with Crippen LogP contribution in [-0.4, -0.2) is 31.0 Å². The van der Waals surface area contributed by atoms with E-state index in [0.29, 0.717) is 18.9 Å². The van der Waals surface area contributed by atoms with Gasteiger partial charge in [0.1, 0.15) is 5.75 Å². The minimum absolute atomic E-state index is 0.0257. The minimum Gasteiger partial charge on any atom is -0.496 e. The summed E-state index contributed by atoms with van der Waals surface area (Å²) in [6, 6.07) is 5.53. The summed E-state index contributed by atoms with van der Waals surface area (Å²) in [7, 11) is 3.42. The second-order valence-electron chi connectivity index (χ2n) is 5.75. The van der Waals surface area contributed by atoms with Gasteiger partial charge in [-0.1, -0.05) is 31.5 Å². The summed E-state index contributed by atoms with van der Waals surface area (Å²) < 4.78 is 5.34. The molecule has 0 fully saturated rings. The highest BCUT2D eigenvalue weighted by molar-refractivity contribution is 5.81. The average molecular weight is 278 g/mol. The molecule has 0 unspecified atom stereocenters. The van der Waals surface area contributed by atoms with Crippen molar-refractivity contribution in [2.75, 3.05) is 14.2 Å². The smallest absolute Gasteiger partial charge is 0.239 e. The first-order chi connectivity index (χ1) is 9.35. The zero-order chi connectivity index (χ0) is 15.3. The molecule has 1 aromatic carbocycles. The van der Waals surface area contributed by atoms with Crippen LogP contribution in [-0.2, 0) is 11.3 Å². The van der Waals surface area contributed by atoms with Crippen molar-refractivity contribution in [2.24, 2.45) is 11.7 Å². The molecule has 0 saturated heterocycles. The van der Waals surface area contributed by atoms with Gasteiger partial charge in [-0.3, -0.25) is 4.79 Å². The quantitative estimate of drug-likeness (QED) is 0.869. The third-order valence-electron chi connectivity index (χ3n) is 3.26. The van der Waals surface area contributed by atoms with Crippen LogP contribution in [0.25, 0.3) is 0 Å². The number of hydrogen-bond acceptors (Lipinski definition) is 3. The first-order valence-corrected chi connectivity index (χ1v) is 6.99. The van der Waals surface area contributed by atoms with Crippen LogP contribution in [0.15, 0.2) is 18.2 Å². The molecular formula is C16H26N2O2. The third-order valence-corrected chi connectivity index (χ3v) is 3.26. The second kappa shape index (κ2) is 7.29. The summed E-state index contributed by atoms with van der Waals surface area (Å²) in [5.74, 6) is 1.19. The van der Waals surface area contributed by atoms with E-state index in [0.717, 1.165) is 16.9 Å². The molecule has 4 nitrogen and oxygen atoms in total. The Morgan fingerprint density at radius 2 is 2.05 bits per heavy atom. The van der Waals surface area contributed by atoms with Crippen molar-refractivity contribution in [1.82, 2.24) is 4.90 Å². The number of amides is 1. The van der Waals surface area contributed by atoms with Gasteiger partial charge >= 0.3 is 0 Å². The van der Waals surface area contributed by atoms with E-state index >= 15 is 0 Å². The molecule has 112 valence electrons. The van der Waals surface area contributed by atoms with Crippen LogP contribution in [0.4, 0.5) is 0 Å². The Balaban J connectivity index is 2.77. The first kappa shape index (κ1) is 16.5. The summed E-state index contributed by atoms with van der Waals surface area (Å²) in [6.07, 6.45) is 0.703. The Morgan fingerprint density at radius 1 is 1.40 bits per heavy atom. The fourth-order valence-corrected chi connectivity index (χ4v) is 2.26. The SMILES string of the molecule is COc1ccc(C)cc1CN(C)C(=O)[C@@H](N)CC(C)C. The molecule has 0 aromatic heterocycles. The van der Waals surface area contributed by atoms with Crippen LogP contribution in [0.5, 0.6) is 5.75 Å². The van der Waals surface area contributed by atoms with E-state index in [-0.39, 0.29) is 5.91 Å². The molecule has 1 amide bonds. The standard InChI is InChI=1S/C16H26N2O2/c1-11(2)8-14(17)16(19)18(4)10-13-9-12(3)6-7-15(13)20-5/h6-7,9,11,14H,8,10,17H2,1-5H3/t14-/m0/s1. The van der Waals surface area contributed by atoms with E-state index in [1.165, 1.54) is 0 Å². The molecule has 1 rings (SSSR count). The largest absolute Gasteiger partial charge is 0.496 e. The molecule has 4 heteroatoms. The number of ether oxygens (including phenoxy) is 1. The molecule has 0 aliphatic rings. The lowest BCUT2D eigenvalue weighted by Crippen LogP contribution is -2.42. The first-order valence-electron chi connectivity index (χ1n) is 6.99. The maximum atomic E-state index is 12.2. The van der Waals surface area contributed by atoms with E-state index in [1.807, 2.05) is 25.1 Å². The predicted molar refractivity (Wildman–Crippen MR) is 81.6 cm³/mol. The maximum absolute atomic E-state index is 12.2. The van der Waals surface area contributed by atoms with Crippen molar-refractivity contribution in [1.29, 1.82) is 0 Å². The van der Waals surface area contributed by atoms with E-state index in [9.17, 15) is 4.79 Å². The van der Waals surface area contributed by atoms with Crippen LogP contribution >= 0.6 is 0 Å². The summed E-state index contributed by atoms with van der Waals surface area (Å²) in [5.41, 5.74) is 8.10. The highest BCUT2D eigenvalue weighted by Gasteiger charge is 2.20. The Morgan fingerprint density at radius 3 is 2.60 bits per heavy atom. The van der Waals surface area contributed by atoms with Crippen molar-refractivity contribution in [3.05, 3.63) is 29.3 Å². The number of rotatable bonds is 6. The average Bonchev–Trinajstić information content (AvgIpc) is 2.37. The van der Waals surface area contributed by atoms with Gasteiger partial charge in [0.2, 0.25) is 5.91 Å². The fraction of sp³-hybridized carbons (Fsp3) is 0.562. The Labute approximate surface area is 121 Å². The fourth-order valence-electron chi connectivity index (χ4n) is 2.26. The van der Waals surface area contributed by atoms with Gasteiger partial charge in [0.15, 0.2) is 0 Å². The Bertz CT molecular complexity index is 458. The van der Waals surface area contributed by atoms with E-state index in [4.69, 9.17) is 10.5 Å². The minimum atomic E-state index is -0.434. The lowest BCUT2D eigenvalue weighted by molar-refractivity contribution is -0.132. The number of carbonyl (C=O) groups is 1. The van der Waals surface area contributed by atoms with Crippen LogP contribution in [0, 0.1) is 12.8 Å². The number of methoxy groups -OCH3 is 1. The molecule has 0 heterocycles. The number of benzene rings is 1. The number of nitrogens with two attached hydrogens (primary N) is 1. The number of likely N-dealkylation sites (N-methyl/N-ethyl adjacent to an activating group) is 1. The third kappa shape index (κ3) is 4.53. The molecule has 1 aromatic rings. The summed E-state index contributed by atoms with van der Waals surface area (Å²) in [5, 5.41) is 0. The molecular weight excluding hydrogens is 252 g/mol. The lowest BCUT2D eigenvalue weighted by Gasteiger charge is -2.23. The van der Waals surface area contributed by atoms with Gasteiger partial charge in [0.25, 0.3) is 0 Å². The molecule has 0 spiro atoms. The Hall–Kier alpha value is -1.55. The van der Waals surface area contributed by atoms with Crippen molar-refractivity contribution in [3.63, 3.8) is 0 Å². The van der Waals surface area contributed by atoms with Gasteiger partial charge in [-0.25, -0.2) is 0 Å². The lowest BCUT2D eigenvalue weighted by atomic mass is 10.0. The molecule has 0 aliphatic carbocycles. The maximum Gasteiger partial charge on any atom is 0.239 e. The number of carbonyl (C=O) groups excluding carboxylic acids is 1. The number of nitrogens with zero attached hydrogens (tertiary/aromatic N) is 1. The van der Waals surface area contributed by atoms with Crippen LogP contribution in [0.1, 0.15) is 31.4 Å². The van der Waals surface area contributed by atoms with Crippen LogP contribution in [0.2, 0.25) is 0 Å². The van der Waals surface area contributed by atoms with Gasteiger partial charge in [0.05, 0.1) is 13.2 Å². The number of hydrogen-bond donors (Lipinski definition) is 1. The summed E-state index contributed by atoms with van der Waals surface area (Å²) in [4.78, 5) is 13.9. The van der Waals surface area contributed by atoms with Gasteiger partial charge in [-0.2, -0.15) is 0 Å². The van der Waals surface area contributed by atoms with Crippen LogP contribution < -0.4 is 10.5 Å². The molecule has 20 heavy (non-hydrogen) atoms. The van der Waals surface area contributed by atoms with E-state index < -0.39 is 6.04 Å². The molecule has 0 bridgehead atoms. The van der Waals surface area contributed by atoms with Gasteiger partial charge < -0.3 is 15.4 Å². The van der Waals surface area contributed by atoms with Crippen molar-refractivity contribution in [3.8, 4) is 5.75 Å². The zero-order valence-electron chi connectivity index (χ0n) is 13.1. The summed E-state index contributed by atoms with van der Waals surface area (Å²) >= 11 is 0. The van der Waals surface area contributed by atoms with Crippen LogP contribution in [0.3, 0.4) is 0 Å². The van der Waals surface area contributed by atoms with Gasteiger partial charge in [0, 0.05) is 19.2 Å². The monoisotopic (exact) mass is 278 g/mol. The topological polar surface area (TPSA) is 55.6 Å². The normalized spacial score (nSPS) is 12.3. The second-order valence-corrected chi connectivity index (χ2v) is 5.75. The predicted octanol–water partition coefficient (Wildman–Crippen LogP) is 2.34. The molecule has 0 aliphatic heterocycles. The number of aryl methyl sites for hydroxylation is 1. The highest BCUT2D eigenvalue weighted by Crippen LogP contribution is 2.21. The molecule has 1 atom stereocenters. The van der Waals surface area contributed by atoms with Gasteiger partial charge in [-0.05, 0) is 25.3 Å².